The fourth-order valence-corrected chi connectivity index (χ4v) is 1.69. The van der Waals surface area contributed by atoms with Crippen LogP contribution in [-0.4, -0.2) is 18.3 Å². The number of alkyl halides is 6. The first-order chi connectivity index (χ1) is 8.84. The van der Waals surface area contributed by atoms with E-state index in [-0.39, 0.29) is 6.07 Å². The molecule has 112 valence electrons. The average molecular weight is 373 g/mol. The zero-order valence-electron chi connectivity index (χ0n) is 8.80. The maximum Gasteiger partial charge on any atom is 0.573 e. The van der Waals surface area contributed by atoms with E-state index in [9.17, 15) is 39.9 Å². The summed E-state index contributed by atoms with van der Waals surface area (Å²) in [7, 11) is 0. The highest BCUT2D eigenvalue weighted by atomic mass is 79.9. The van der Waals surface area contributed by atoms with Crippen LogP contribution in [0.4, 0.5) is 35.1 Å². The van der Waals surface area contributed by atoms with Crippen molar-refractivity contribution >= 4 is 21.7 Å². The second-order valence-electron chi connectivity index (χ2n) is 3.23. The van der Waals surface area contributed by atoms with E-state index in [0.29, 0.717) is 0 Å². The minimum Gasteiger partial charge on any atom is -0.399 e. The van der Waals surface area contributed by atoms with Gasteiger partial charge in [0.25, 0.3) is 5.78 Å². The molecule has 11 heteroatoms. The summed E-state index contributed by atoms with van der Waals surface area (Å²) >= 11 is 2.27. The Hall–Kier alpha value is -1.39. The Morgan fingerprint density at radius 3 is 2.00 bits per heavy atom. The second kappa shape index (κ2) is 5.19. The molecule has 0 aliphatic carbocycles. The number of benzene rings is 1. The largest absolute Gasteiger partial charge is 0.573 e. The zero-order valence-corrected chi connectivity index (χ0v) is 10.4. The number of ketones is 1. The Kier molecular flexibility index (Phi) is 4.32. The lowest BCUT2D eigenvalue weighted by atomic mass is 10.1. The van der Waals surface area contributed by atoms with Gasteiger partial charge in [-0.3, -0.25) is 4.79 Å². The molecule has 0 saturated heterocycles. The van der Waals surface area contributed by atoms with E-state index >= 15 is 0 Å². The lowest BCUT2D eigenvalue weighted by Crippen LogP contribution is -2.26. The third kappa shape index (κ3) is 3.58. The van der Waals surface area contributed by atoms with Crippen molar-refractivity contribution in [1.82, 2.24) is 0 Å². The molecule has 0 aliphatic rings. The SMILES string of the molecule is O=C(c1c(Br)cc(F)c(OC(F)(F)F)c1F)C(F)(F)F. The quantitative estimate of drug-likeness (QED) is 0.569. The first-order valence-corrected chi connectivity index (χ1v) is 5.18. The summed E-state index contributed by atoms with van der Waals surface area (Å²) in [6.07, 6.45) is -11.1. The second-order valence-corrected chi connectivity index (χ2v) is 4.09. The Bertz CT molecular complexity index is 548. The number of halogens is 9. The van der Waals surface area contributed by atoms with Crippen molar-refractivity contribution in [2.75, 3.05) is 0 Å². The Balaban J connectivity index is 3.48. The molecule has 0 N–H and O–H groups in total. The minimum absolute atomic E-state index is 0.0587. The van der Waals surface area contributed by atoms with Crippen molar-refractivity contribution < 1.29 is 44.7 Å². The van der Waals surface area contributed by atoms with E-state index in [1.165, 1.54) is 0 Å². The molecule has 0 unspecified atom stereocenters. The highest BCUT2D eigenvalue weighted by Crippen LogP contribution is 2.37. The van der Waals surface area contributed by atoms with Gasteiger partial charge >= 0.3 is 12.5 Å². The number of Topliss-reactive ketones (excluding diaryl/α,β-unsaturated/α-hetero) is 1. The molecule has 0 saturated carbocycles. The Morgan fingerprint density at radius 1 is 1.10 bits per heavy atom. The molecule has 0 fully saturated rings. The summed E-state index contributed by atoms with van der Waals surface area (Å²) in [5.74, 6) is -9.26. The van der Waals surface area contributed by atoms with Crippen LogP contribution in [0.3, 0.4) is 0 Å². The molecule has 1 aromatic carbocycles. The normalized spacial score (nSPS) is 12.4. The van der Waals surface area contributed by atoms with Crippen LogP contribution in [0.25, 0.3) is 0 Å². The van der Waals surface area contributed by atoms with Gasteiger partial charge < -0.3 is 4.74 Å². The summed E-state index contributed by atoms with van der Waals surface area (Å²) in [5.41, 5.74) is -1.81. The standard InChI is InChI=1S/C9HBrF8O2/c10-2-1-3(11)6(20-9(16,17)18)5(12)4(2)7(19)8(13,14)15/h1H. The molecule has 0 atom stereocenters. The predicted octanol–water partition coefficient (Wildman–Crippen LogP) is 4.37. The fraction of sp³-hybridized carbons (Fsp3) is 0.222. The first kappa shape index (κ1) is 16.7. The van der Waals surface area contributed by atoms with E-state index in [4.69, 9.17) is 0 Å². The van der Waals surface area contributed by atoms with Gasteiger partial charge in [0, 0.05) is 4.47 Å². The number of ether oxygens (including phenoxy) is 1. The molecule has 0 bridgehead atoms. The summed E-state index contributed by atoms with van der Waals surface area (Å²) in [6.45, 7) is 0. The van der Waals surface area contributed by atoms with Crippen LogP contribution in [-0.2, 0) is 0 Å². The van der Waals surface area contributed by atoms with E-state index in [1.807, 2.05) is 0 Å². The van der Waals surface area contributed by atoms with Crippen molar-refractivity contribution in [2.45, 2.75) is 12.5 Å². The number of hydrogen-bond acceptors (Lipinski definition) is 2. The molecule has 0 aromatic heterocycles. The Labute approximate surface area is 113 Å². The summed E-state index contributed by atoms with van der Waals surface area (Å²) < 4.78 is 101. The highest BCUT2D eigenvalue weighted by Gasteiger charge is 2.44. The van der Waals surface area contributed by atoms with E-state index in [0.717, 1.165) is 0 Å². The van der Waals surface area contributed by atoms with Crippen LogP contribution in [0.15, 0.2) is 10.5 Å². The predicted molar refractivity (Wildman–Crippen MR) is 51.1 cm³/mol. The number of carbonyl (C=O) groups is 1. The van der Waals surface area contributed by atoms with Gasteiger partial charge in [0.15, 0.2) is 11.6 Å². The van der Waals surface area contributed by atoms with Crippen molar-refractivity contribution in [3.63, 3.8) is 0 Å². The van der Waals surface area contributed by atoms with Gasteiger partial charge in [0.1, 0.15) is 0 Å². The molecule has 0 heterocycles. The lowest BCUT2D eigenvalue weighted by Gasteiger charge is -2.14. The average Bonchev–Trinajstić information content (AvgIpc) is 2.21. The smallest absolute Gasteiger partial charge is 0.399 e. The maximum absolute atomic E-state index is 13.5. The number of hydrogen-bond donors (Lipinski definition) is 0. The molecule has 20 heavy (non-hydrogen) atoms. The third-order valence-corrected chi connectivity index (χ3v) is 2.46. The zero-order chi connectivity index (χ0) is 15.9. The molecule has 2 nitrogen and oxygen atoms in total. The maximum atomic E-state index is 13.5. The molecule has 1 rings (SSSR count). The Morgan fingerprint density at radius 2 is 1.60 bits per heavy atom. The van der Waals surface area contributed by atoms with E-state index < -0.39 is 45.7 Å². The molecule has 1 aromatic rings. The van der Waals surface area contributed by atoms with Gasteiger partial charge in [-0.25, -0.2) is 8.78 Å². The fourth-order valence-electron chi connectivity index (χ4n) is 1.13. The monoisotopic (exact) mass is 372 g/mol. The number of rotatable bonds is 2. The summed E-state index contributed by atoms with van der Waals surface area (Å²) in [6, 6.07) is 0.0587. The molecule has 0 spiro atoms. The third-order valence-electron chi connectivity index (χ3n) is 1.83. The van der Waals surface area contributed by atoms with E-state index in [1.54, 1.807) is 0 Å². The van der Waals surface area contributed by atoms with Crippen LogP contribution in [0.5, 0.6) is 5.75 Å². The van der Waals surface area contributed by atoms with Crippen molar-refractivity contribution in [1.29, 1.82) is 0 Å². The lowest BCUT2D eigenvalue weighted by molar-refractivity contribution is -0.276. The van der Waals surface area contributed by atoms with Gasteiger partial charge in [-0.15, -0.1) is 13.2 Å². The molecule has 0 aliphatic heterocycles. The van der Waals surface area contributed by atoms with Crippen LogP contribution in [0, 0.1) is 11.6 Å². The van der Waals surface area contributed by atoms with Crippen LogP contribution in [0.1, 0.15) is 10.4 Å². The first-order valence-electron chi connectivity index (χ1n) is 4.39. The van der Waals surface area contributed by atoms with Gasteiger partial charge in [-0.1, -0.05) is 0 Å². The van der Waals surface area contributed by atoms with E-state index in [2.05, 4.69) is 20.7 Å². The van der Waals surface area contributed by atoms with Gasteiger partial charge in [0.05, 0.1) is 5.56 Å². The molecular weight excluding hydrogens is 372 g/mol. The molecule has 0 radical (unpaired) electrons. The molecule has 0 amide bonds. The van der Waals surface area contributed by atoms with Crippen molar-refractivity contribution in [3.05, 3.63) is 27.7 Å². The van der Waals surface area contributed by atoms with Gasteiger partial charge in [-0.2, -0.15) is 13.2 Å². The van der Waals surface area contributed by atoms with Crippen LogP contribution in [0.2, 0.25) is 0 Å². The minimum atomic E-state index is -5.56. The number of carbonyl (C=O) groups excluding carboxylic acids is 1. The van der Waals surface area contributed by atoms with Gasteiger partial charge in [-0.05, 0) is 22.0 Å². The topological polar surface area (TPSA) is 26.3 Å². The summed E-state index contributed by atoms with van der Waals surface area (Å²) in [4.78, 5) is 10.9. The van der Waals surface area contributed by atoms with Crippen LogP contribution >= 0.6 is 15.9 Å². The highest BCUT2D eigenvalue weighted by molar-refractivity contribution is 9.10. The molecular formula is C9HBrF8O2. The van der Waals surface area contributed by atoms with Gasteiger partial charge in [0.2, 0.25) is 5.75 Å². The van der Waals surface area contributed by atoms with Crippen molar-refractivity contribution in [3.8, 4) is 5.75 Å². The summed E-state index contributed by atoms with van der Waals surface area (Å²) in [5, 5.41) is 0. The van der Waals surface area contributed by atoms with Crippen molar-refractivity contribution in [2.24, 2.45) is 0 Å². The van der Waals surface area contributed by atoms with Crippen LogP contribution < -0.4 is 4.74 Å².